The average molecular weight is 469 g/mol. The lowest BCUT2D eigenvalue weighted by Gasteiger charge is -2.35. The third-order valence-electron chi connectivity index (χ3n) is 6.71. The molecule has 0 spiro atoms. The van der Waals surface area contributed by atoms with E-state index >= 15 is 0 Å². The van der Waals surface area contributed by atoms with Gasteiger partial charge < -0.3 is 9.80 Å². The highest BCUT2D eigenvalue weighted by atomic mass is 32.2. The van der Waals surface area contributed by atoms with Gasteiger partial charge in [0.2, 0.25) is 15.9 Å². The predicted molar refractivity (Wildman–Crippen MR) is 127 cm³/mol. The van der Waals surface area contributed by atoms with Gasteiger partial charge in [0, 0.05) is 50.5 Å². The second kappa shape index (κ2) is 8.79. The molecule has 0 bridgehead atoms. The Kier molecular flexibility index (Phi) is 5.84. The average Bonchev–Trinajstić information content (AvgIpc) is 3.42. The third kappa shape index (κ3) is 4.35. The standard InChI is InChI=1S/C24H28N4O4S/c29-23(27-12-10-19-4-1-2-5-22(19)27)18-25-13-15-26(16-14-25)24(30)20-6-8-21(9-7-20)28-11-3-17-33(28,31)32/h1-2,4-9H,3,10-18H2. The number of carbonyl (C=O) groups excluding carboxylic acids is 2. The molecule has 0 aliphatic carbocycles. The molecule has 0 atom stereocenters. The van der Waals surface area contributed by atoms with Gasteiger partial charge in [0.1, 0.15) is 0 Å². The van der Waals surface area contributed by atoms with Crippen LogP contribution in [-0.2, 0) is 21.2 Å². The Hall–Kier alpha value is -2.91. The summed E-state index contributed by atoms with van der Waals surface area (Å²) in [7, 11) is -3.23. The zero-order valence-electron chi connectivity index (χ0n) is 18.5. The zero-order valence-corrected chi connectivity index (χ0v) is 19.3. The molecule has 9 heteroatoms. The van der Waals surface area contributed by atoms with Gasteiger partial charge in [-0.3, -0.25) is 18.8 Å². The first-order valence-electron chi connectivity index (χ1n) is 11.4. The molecule has 3 aliphatic heterocycles. The van der Waals surface area contributed by atoms with Crippen LogP contribution < -0.4 is 9.21 Å². The van der Waals surface area contributed by atoms with Crippen molar-refractivity contribution < 1.29 is 18.0 Å². The van der Waals surface area contributed by atoms with Gasteiger partial charge in [-0.2, -0.15) is 0 Å². The molecular weight excluding hydrogens is 440 g/mol. The Morgan fingerprint density at radius 3 is 2.27 bits per heavy atom. The molecule has 3 aliphatic rings. The minimum atomic E-state index is -3.23. The fourth-order valence-corrected chi connectivity index (χ4v) is 6.43. The lowest BCUT2D eigenvalue weighted by molar-refractivity contribution is -0.120. The van der Waals surface area contributed by atoms with Crippen LogP contribution in [0.5, 0.6) is 0 Å². The molecule has 2 amide bonds. The summed E-state index contributed by atoms with van der Waals surface area (Å²) in [6.07, 6.45) is 1.52. The maximum atomic E-state index is 12.9. The molecule has 2 fully saturated rings. The Morgan fingerprint density at radius 2 is 1.58 bits per heavy atom. The molecule has 0 aromatic heterocycles. The fraction of sp³-hybridized carbons (Fsp3) is 0.417. The number of piperazine rings is 1. The number of anilines is 2. The van der Waals surface area contributed by atoms with Crippen molar-refractivity contribution in [1.82, 2.24) is 9.80 Å². The second-order valence-electron chi connectivity index (χ2n) is 8.78. The Labute approximate surface area is 194 Å². The van der Waals surface area contributed by atoms with E-state index in [-0.39, 0.29) is 17.6 Å². The molecule has 3 heterocycles. The lowest BCUT2D eigenvalue weighted by Crippen LogP contribution is -2.51. The summed E-state index contributed by atoms with van der Waals surface area (Å²) in [6.45, 7) is 3.99. The number of hydrogen-bond donors (Lipinski definition) is 0. The van der Waals surface area contributed by atoms with Crippen molar-refractivity contribution in [3.63, 3.8) is 0 Å². The van der Waals surface area contributed by atoms with Crippen molar-refractivity contribution in [1.29, 1.82) is 0 Å². The van der Waals surface area contributed by atoms with Crippen LogP contribution in [0.4, 0.5) is 11.4 Å². The Morgan fingerprint density at radius 1 is 0.848 bits per heavy atom. The van der Waals surface area contributed by atoms with Crippen molar-refractivity contribution in [3.05, 3.63) is 59.7 Å². The van der Waals surface area contributed by atoms with Gasteiger partial charge in [0.25, 0.3) is 5.91 Å². The molecule has 5 rings (SSSR count). The van der Waals surface area contributed by atoms with Gasteiger partial charge in [-0.25, -0.2) is 8.42 Å². The lowest BCUT2D eigenvalue weighted by atomic mass is 10.1. The Balaban J connectivity index is 1.15. The number of fused-ring (bicyclic) bond motifs is 1. The summed E-state index contributed by atoms with van der Waals surface area (Å²) in [6, 6.07) is 14.9. The first kappa shape index (κ1) is 21.9. The monoisotopic (exact) mass is 468 g/mol. The normalized spacial score (nSPS) is 20.2. The number of rotatable bonds is 4. The number of nitrogens with zero attached hydrogens (tertiary/aromatic N) is 4. The molecule has 0 unspecified atom stereocenters. The van der Waals surface area contributed by atoms with E-state index in [2.05, 4.69) is 11.0 Å². The van der Waals surface area contributed by atoms with E-state index in [4.69, 9.17) is 0 Å². The quantitative estimate of drug-likeness (QED) is 0.681. The number of carbonyl (C=O) groups is 2. The number of hydrogen-bond acceptors (Lipinski definition) is 5. The van der Waals surface area contributed by atoms with Crippen molar-refractivity contribution in [3.8, 4) is 0 Å². The topological polar surface area (TPSA) is 81.2 Å². The van der Waals surface area contributed by atoms with Crippen molar-refractivity contribution in [2.24, 2.45) is 0 Å². The van der Waals surface area contributed by atoms with E-state index in [1.165, 1.54) is 9.87 Å². The highest BCUT2D eigenvalue weighted by Gasteiger charge is 2.30. The van der Waals surface area contributed by atoms with Crippen molar-refractivity contribution in [2.75, 3.05) is 60.8 Å². The number of benzene rings is 2. The number of amides is 2. The first-order valence-corrected chi connectivity index (χ1v) is 13.0. The Bertz CT molecular complexity index is 1160. The van der Waals surface area contributed by atoms with E-state index in [0.29, 0.717) is 56.9 Å². The van der Waals surface area contributed by atoms with Crippen LogP contribution in [-0.4, -0.2) is 81.6 Å². The molecule has 174 valence electrons. The zero-order chi connectivity index (χ0) is 23.0. The molecule has 2 aromatic carbocycles. The van der Waals surface area contributed by atoms with E-state index in [9.17, 15) is 18.0 Å². The molecular formula is C24H28N4O4S. The van der Waals surface area contributed by atoms with Crippen LogP contribution in [0.2, 0.25) is 0 Å². The largest absolute Gasteiger partial charge is 0.336 e. The summed E-state index contributed by atoms with van der Waals surface area (Å²) < 4.78 is 25.6. The van der Waals surface area contributed by atoms with Crippen molar-refractivity contribution in [2.45, 2.75) is 12.8 Å². The summed E-state index contributed by atoms with van der Waals surface area (Å²) in [5, 5.41) is 0. The third-order valence-corrected chi connectivity index (χ3v) is 8.58. The van der Waals surface area contributed by atoms with E-state index in [1.54, 1.807) is 29.2 Å². The van der Waals surface area contributed by atoms with Crippen LogP contribution in [0.15, 0.2) is 48.5 Å². The maximum absolute atomic E-state index is 12.9. The minimum absolute atomic E-state index is 0.0646. The highest BCUT2D eigenvalue weighted by Crippen LogP contribution is 2.28. The summed E-state index contributed by atoms with van der Waals surface area (Å²) >= 11 is 0. The highest BCUT2D eigenvalue weighted by molar-refractivity contribution is 7.93. The summed E-state index contributed by atoms with van der Waals surface area (Å²) in [5.41, 5.74) is 3.39. The minimum Gasteiger partial charge on any atom is -0.336 e. The molecule has 2 saturated heterocycles. The van der Waals surface area contributed by atoms with Gasteiger partial charge in [-0.1, -0.05) is 18.2 Å². The van der Waals surface area contributed by atoms with Crippen LogP contribution in [0.1, 0.15) is 22.3 Å². The van der Waals surface area contributed by atoms with Crippen LogP contribution >= 0.6 is 0 Å². The molecule has 0 N–H and O–H groups in total. The molecule has 8 nitrogen and oxygen atoms in total. The maximum Gasteiger partial charge on any atom is 0.253 e. The van der Waals surface area contributed by atoms with Gasteiger partial charge in [-0.15, -0.1) is 0 Å². The smallest absolute Gasteiger partial charge is 0.253 e. The van der Waals surface area contributed by atoms with Gasteiger partial charge in [-0.05, 0) is 48.7 Å². The molecule has 2 aromatic rings. The first-order chi connectivity index (χ1) is 15.9. The van der Waals surface area contributed by atoms with Crippen LogP contribution in [0.3, 0.4) is 0 Å². The summed E-state index contributed by atoms with van der Waals surface area (Å²) in [5.74, 6) is 0.211. The van der Waals surface area contributed by atoms with E-state index < -0.39 is 10.0 Å². The second-order valence-corrected chi connectivity index (χ2v) is 10.8. The van der Waals surface area contributed by atoms with Crippen molar-refractivity contribution >= 4 is 33.2 Å². The predicted octanol–water partition coefficient (Wildman–Crippen LogP) is 1.57. The fourth-order valence-electron chi connectivity index (χ4n) is 4.87. The van der Waals surface area contributed by atoms with Gasteiger partial charge in [0.15, 0.2) is 0 Å². The van der Waals surface area contributed by atoms with E-state index in [1.807, 2.05) is 23.1 Å². The molecule has 0 radical (unpaired) electrons. The number of sulfonamides is 1. The van der Waals surface area contributed by atoms with Crippen LogP contribution in [0.25, 0.3) is 0 Å². The number of para-hydroxylation sites is 1. The van der Waals surface area contributed by atoms with Gasteiger partial charge in [0.05, 0.1) is 18.0 Å². The molecule has 33 heavy (non-hydrogen) atoms. The van der Waals surface area contributed by atoms with Gasteiger partial charge >= 0.3 is 0 Å². The SMILES string of the molecule is O=C(c1ccc(N2CCCS2(=O)=O)cc1)N1CCN(CC(=O)N2CCc3ccccc32)CC1. The van der Waals surface area contributed by atoms with E-state index in [0.717, 1.165) is 18.7 Å². The van der Waals surface area contributed by atoms with Crippen LogP contribution in [0, 0.1) is 0 Å². The summed E-state index contributed by atoms with van der Waals surface area (Å²) in [4.78, 5) is 31.6. The molecule has 0 saturated carbocycles.